The molecule has 1 aromatic heterocycles. The summed E-state index contributed by atoms with van der Waals surface area (Å²) in [4.78, 5) is 27.4. The van der Waals surface area contributed by atoms with Gasteiger partial charge in [-0.3, -0.25) is 0 Å². The van der Waals surface area contributed by atoms with Gasteiger partial charge in [0, 0.05) is 45.0 Å². The van der Waals surface area contributed by atoms with E-state index in [1.807, 2.05) is 30.3 Å². The predicted octanol–water partition coefficient (Wildman–Crippen LogP) is 1.92. The fraction of sp³-hybridized carbons (Fsp3) is 0.667. The monoisotopic (exact) mass is 321 g/mol. The van der Waals surface area contributed by atoms with Crippen LogP contribution in [0.2, 0.25) is 0 Å². The highest BCUT2D eigenvalue weighted by molar-refractivity contribution is 7.98. The lowest BCUT2D eigenvalue weighted by Crippen LogP contribution is -2.47. The number of carbonyl (C=O) groups is 1. The Morgan fingerprint density at radius 1 is 1.27 bits per heavy atom. The largest absolute Gasteiger partial charge is 0.341 e. The van der Waals surface area contributed by atoms with Crippen LogP contribution in [0.4, 0.5) is 10.7 Å². The molecule has 2 aliphatic heterocycles. The second kappa shape index (κ2) is 6.73. The van der Waals surface area contributed by atoms with Crippen molar-refractivity contribution >= 4 is 23.7 Å². The van der Waals surface area contributed by atoms with Crippen LogP contribution in [0, 0.1) is 0 Å². The molecule has 0 atom stereocenters. The lowest BCUT2D eigenvalue weighted by molar-refractivity contribution is 0.169. The number of aromatic nitrogens is 2. The standard InChI is InChI=1S/C15H23N5OS/c1-3-18-10-11-20(15(18)21)12-5-8-19(9-6-12)14-16-7-4-13(17-14)22-2/h4,7,12H,3,5-6,8-11H2,1-2H3. The molecule has 1 aromatic rings. The fourth-order valence-corrected chi connectivity index (χ4v) is 3.58. The molecule has 2 amide bonds. The Morgan fingerprint density at radius 3 is 2.68 bits per heavy atom. The molecule has 0 aliphatic carbocycles. The molecule has 0 bridgehead atoms. The van der Waals surface area contributed by atoms with Gasteiger partial charge in [-0.1, -0.05) is 0 Å². The summed E-state index contributed by atoms with van der Waals surface area (Å²) < 4.78 is 0. The minimum Gasteiger partial charge on any atom is -0.341 e. The molecule has 3 heterocycles. The molecule has 7 heteroatoms. The van der Waals surface area contributed by atoms with Crippen molar-refractivity contribution in [1.29, 1.82) is 0 Å². The van der Waals surface area contributed by atoms with E-state index in [0.717, 1.165) is 56.5 Å². The summed E-state index contributed by atoms with van der Waals surface area (Å²) in [5.41, 5.74) is 0. The van der Waals surface area contributed by atoms with Gasteiger partial charge < -0.3 is 14.7 Å². The molecule has 0 radical (unpaired) electrons. The minimum atomic E-state index is 0.210. The maximum atomic E-state index is 12.3. The second-order valence-electron chi connectivity index (χ2n) is 5.67. The number of hydrogen-bond donors (Lipinski definition) is 0. The number of anilines is 1. The molecular formula is C15H23N5OS. The van der Waals surface area contributed by atoms with Crippen molar-refractivity contribution in [2.45, 2.75) is 30.8 Å². The maximum absolute atomic E-state index is 12.3. The van der Waals surface area contributed by atoms with Crippen LogP contribution in [0.1, 0.15) is 19.8 Å². The van der Waals surface area contributed by atoms with Crippen LogP contribution < -0.4 is 4.90 Å². The highest BCUT2D eigenvalue weighted by atomic mass is 32.2. The first-order valence-corrected chi connectivity index (χ1v) is 9.13. The first-order chi connectivity index (χ1) is 10.7. The Kier molecular flexibility index (Phi) is 4.71. The van der Waals surface area contributed by atoms with Crippen LogP contribution >= 0.6 is 11.8 Å². The van der Waals surface area contributed by atoms with Gasteiger partial charge in [-0.15, -0.1) is 11.8 Å². The van der Waals surface area contributed by atoms with Gasteiger partial charge in [-0.25, -0.2) is 14.8 Å². The number of urea groups is 1. The van der Waals surface area contributed by atoms with Gasteiger partial charge in [0.1, 0.15) is 5.03 Å². The third-order valence-corrected chi connectivity index (χ3v) is 5.17. The van der Waals surface area contributed by atoms with E-state index in [1.165, 1.54) is 0 Å². The van der Waals surface area contributed by atoms with Gasteiger partial charge >= 0.3 is 6.03 Å². The van der Waals surface area contributed by atoms with Crippen molar-refractivity contribution in [3.8, 4) is 0 Å². The third-order valence-electron chi connectivity index (χ3n) is 4.52. The number of rotatable bonds is 4. The number of amides is 2. The number of carbonyl (C=O) groups excluding carboxylic acids is 1. The highest BCUT2D eigenvalue weighted by Crippen LogP contribution is 2.24. The van der Waals surface area contributed by atoms with Crippen LogP contribution in [0.5, 0.6) is 0 Å². The maximum Gasteiger partial charge on any atom is 0.320 e. The first-order valence-electron chi connectivity index (χ1n) is 7.90. The summed E-state index contributed by atoms with van der Waals surface area (Å²) >= 11 is 1.63. The molecule has 2 aliphatic rings. The minimum absolute atomic E-state index is 0.210. The number of hydrogen-bond acceptors (Lipinski definition) is 5. The molecule has 0 N–H and O–H groups in total. The highest BCUT2D eigenvalue weighted by Gasteiger charge is 2.34. The normalized spacial score (nSPS) is 20.1. The van der Waals surface area contributed by atoms with Gasteiger partial charge in [-0.05, 0) is 32.1 Å². The van der Waals surface area contributed by atoms with Gasteiger partial charge in [-0.2, -0.15) is 0 Å². The molecule has 2 fully saturated rings. The van der Waals surface area contributed by atoms with Gasteiger partial charge in [0.2, 0.25) is 5.95 Å². The third kappa shape index (κ3) is 2.99. The van der Waals surface area contributed by atoms with Crippen molar-refractivity contribution in [2.24, 2.45) is 0 Å². The summed E-state index contributed by atoms with van der Waals surface area (Å²) in [5, 5.41) is 1.00. The fourth-order valence-electron chi connectivity index (χ4n) is 3.21. The van der Waals surface area contributed by atoms with Gasteiger partial charge in [0.05, 0.1) is 0 Å². The molecule has 22 heavy (non-hydrogen) atoms. The molecule has 120 valence electrons. The lowest BCUT2D eigenvalue weighted by atomic mass is 10.0. The molecule has 0 unspecified atom stereocenters. The number of likely N-dealkylation sites (N-methyl/N-ethyl adjacent to an activating group) is 1. The number of nitrogens with zero attached hydrogens (tertiary/aromatic N) is 5. The molecule has 0 saturated carbocycles. The molecule has 3 rings (SSSR count). The number of piperidine rings is 1. The molecule has 6 nitrogen and oxygen atoms in total. The number of thioether (sulfide) groups is 1. The molecule has 0 spiro atoms. The van der Waals surface area contributed by atoms with Crippen LogP contribution in [-0.4, -0.2) is 70.8 Å². The van der Waals surface area contributed by atoms with Crippen LogP contribution in [0.25, 0.3) is 0 Å². The summed E-state index contributed by atoms with van der Waals surface area (Å²) in [5.74, 6) is 0.813. The second-order valence-corrected chi connectivity index (χ2v) is 6.50. The van der Waals surface area contributed by atoms with Crippen LogP contribution in [0.15, 0.2) is 17.3 Å². The Hall–Kier alpha value is -1.50. The predicted molar refractivity (Wildman–Crippen MR) is 88.4 cm³/mol. The molecular weight excluding hydrogens is 298 g/mol. The van der Waals surface area contributed by atoms with E-state index in [0.29, 0.717) is 6.04 Å². The zero-order chi connectivity index (χ0) is 15.5. The van der Waals surface area contributed by atoms with E-state index < -0.39 is 0 Å². The van der Waals surface area contributed by atoms with E-state index in [2.05, 4.69) is 19.8 Å². The van der Waals surface area contributed by atoms with E-state index in [4.69, 9.17) is 0 Å². The Bertz CT molecular complexity index is 532. The van der Waals surface area contributed by atoms with Crippen LogP contribution in [0.3, 0.4) is 0 Å². The Labute approximate surface area is 135 Å². The van der Waals surface area contributed by atoms with Crippen molar-refractivity contribution in [2.75, 3.05) is 43.9 Å². The quantitative estimate of drug-likeness (QED) is 0.626. The van der Waals surface area contributed by atoms with Gasteiger partial charge in [0.15, 0.2) is 0 Å². The van der Waals surface area contributed by atoms with E-state index >= 15 is 0 Å². The van der Waals surface area contributed by atoms with E-state index in [1.54, 1.807) is 11.8 Å². The summed E-state index contributed by atoms with van der Waals surface area (Å²) in [6.07, 6.45) is 5.84. The SMILES string of the molecule is CCN1CCN(C2CCN(c3nccc(SC)n3)CC2)C1=O. The van der Waals surface area contributed by atoms with Crippen LogP contribution in [-0.2, 0) is 0 Å². The summed E-state index contributed by atoms with van der Waals surface area (Å²) in [7, 11) is 0. The lowest BCUT2D eigenvalue weighted by Gasteiger charge is -2.36. The summed E-state index contributed by atoms with van der Waals surface area (Å²) in [6, 6.07) is 2.51. The van der Waals surface area contributed by atoms with Crippen molar-refractivity contribution in [1.82, 2.24) is 19.8 Å². The van der Waals surface area contributed by atoms with Crippen molar-refractivity contribution in [3.05, 3.63) is 12.3 Å². The Balaban J connectivity index is 1.59. The first kappa shape index (κ1) is 15.4. The van der Waals surface area contributed by atoms with E-state index in [-0.39, 0.29) is 6.03 Å². The Morgan fingerprint density at radius 2 is 2.05 bits per heavy atom. The zero-order valence-corrected chi connectivity index (χ0v) is 14.1. The average Bonchev–Trinajstić information content (AvgIpc) is 2.96. The van der Waals surface area contributed by atoms with Crippen molar-refractivity contribution in [3.63, 3.8) is 0 Å². The topological polar surface area (TPSA) is 52.6 Å². The smallest absolute Gasteiger partial charge is 0.320 e. The van der Waals surface area contributed by atoms with Gasteiger partial charge in [0.25, 0.3) is 0 Å². The van der Waals surface area contributed by atoms with Crippen molar-refractivity contribution < 1.29 is 4.79 Å². The van der Waals surface area contributed by atoms with E-state index in [9.17, 15) is 4.79 Å². The zero-order valence-electron chi connectivity index (χ0n) is 13.2. The average molecular weight is 321 g/mol. The molecule has 0 aromatic carbocycles. The molecule has 2 saturated heterocycles. The summed E-state index contributed by atoms with van der Waals surface area (Å²) in [6.45, 7) is 6.42.